The van der Waals surface area contributed by atoms with Gasteiger partial charge in [-0.1, -0.05) is 32.0 Å². The normalized spacial score (nSPS) is 10.5. The van der Waals surface area contributed by atoms with E-state index in [1.54, 1.807) is 11.8 Å². The molecule has 17 heavy (non-hydrogen) atoms. The number of benzene rings is 1. The number of carbonyl (C=O) groups excluding carboxylic acids is 1. The molecule has 0 atom stereocenters. The SMILES string of the molecule is CC(C)CCC(=O)NCCSc1ccccc1. The fraction of sp³-hybridized carbons (Fsp3) is 0.500. The van der Waals surface area contributed by atoms with E-state index in [2.05, 4.69) is 31.3 Å². The standard InChI is InChI=1S/C14H21NOS/c1-12(2)8-9-14(16)15-10-11-17-13-6-4-3-5-7-13/h3-7,12H,8-11H2,1-2H3,(H,15,16). The van der Waals surface area contributed by atoms with Crippen molar-refractivity contribution in [2.45, 2.75) is 31.6 Å². The lowest BCUT2D eigenvalue weighted by Crippen LogP contribution is -2.25. The number of hydrogen-bond acceptors (Lipinski definition) is 2. The lowest BCUT2D eigenvalue weighted by Gasteiger charge is -2.06. The molecule has 1 amide bonds. The Labute approximate surface area is 108 Å². The zero-order valence-electron chi connectivity index (χ0n) is 10.6. The summed E-state index contributed by atoms with van der Waals surface area (Å²) in [5.74, 6) is 1.70. The minimum atomic E-state index is 0.173. The van der Waals surface area contributed by atoms with E-state index in [1.807, 2.05) is 18.2 Å². The molecular weight excluding hydrogens is 230 g/mol. The molecule has 0 unspecified atom stereocenters. The molecule has 1 aromatic carbocycles. The van der Waals surface area contributed by atoms with Gasteiger partial charge in [0.15, 0.2) is 0 Å². The molecule has 0 spiro atoms. The molecule has 0 fully saturated rings. The van der Waals surface area contributed by atoms with Gasteiger partial charge in [-0.2, -0.15) is 0 Å². The molecule has 0 aliphatic carbocycles. The van der Waals surface area contributed by atoms with E-state index < -0.39 is 0 Å². The highest BCUT2D eigenvalue weighted by Gasteiger charge is 2.02. The van der Waals surface area contributed by atoms with Gasteiger partial charge >= 0.3 is 0 Å². The molecule has 0 aromatic heterocycles. The molecule has 1 aromatic rings. The van der Waals surface area contributed by atoms with Crippen LogP contribution in [0.5, 0.6) is 0 Å². The summed E-state index contributed by atoms with van der Waals surface area (Å²) < 4.78 is 0. The number of thioether (sulfide) groups is 1. The van der Waals surface area contributed by atoms with E-state index in [4.69, 9.17) is 0 Å². The monoisotopic (exact) mass is 251 g/mol. The van der Waals surface area contributed by atoms with Crippen LogP contribution < -0.4 is 5.32 Å². The maximum absolute atomic E-state index is 11.4. The third kappa shape index (κ3) is 7.05. The van der Waals surface area contributed by atoms with Crippen molar-refractivity contribution in [1.29, 1.82) is 0 Å². The summed E-state index contributed by atoms with van der Waals surface area (Å²) >= 11 is 1.77. The highest BCUT2D eigenvalue weighted by atomic mass is 32.2. The number of rotatable bonds is 7. The van der Waals surface area contributed by atoms with Crippen LogP contribution in [0.25, 0.3) is 0 Å². The zero-order chi connectivity index (χ0) is 12.5. The number of amides is 1. The van der Waals surface area contributed by atoms with Crippen LogP contribution in [0.1, 0.15) is 26.7 Å². The number of nitrogens with one attached hydrogen (secondary N) is 1. The van der Waals surface area contributed by atoms with E-state index in [0.29, 0.717) is 12.3 Å². The van der Waals surface area contributed by atoms with Crippen molar-refractivity contribution in [3.8, 4) is 0 Å². The van der Waals surface area contributed by atoms with Gasteiger partial charge in [-0.15, -0.1) is 11.8 Å². The molecule has 3 heteroatoms. The van der Waals surface area contributed by atoms with Crippen LogP contribution in [-0.4, -0.2) is 18.2 Å². The van der Waals surface area contributed by atoms with Crippen molar-refractivity contribution in [3.63, 3.8) is 0 Å². The van der Waals surface area contributed by atoms with Crippen molar-refractivity contribution in [1.82, 2.24) is 5.32 Å². The molecule has 0 aliphatic heterocycles. The van der Waals surface area contributed by atoms with Crippen molar-refractivity contribution in [2.24, 2.45) is 5.92 Å². The molecule has 1 rings (SSSR count). The first-order chi connectivity index (χ1) is 8.18. The summed E-state index contributed by atoms with van der Waals surface area (Å²) in [4.78, 5) is 12.7. The smallest absolute Gasteiger partial charge is 0.220 e. The number of carbonyl (C=O) groups is 1. The zero-order valence-corrected chi connectivity index (χ0v) is 11.4. The van der Waals surface area contributed by atoms with Gasteiger partial charge in [0.25, 0.3) is 0 Å². The second kappa shape index (κ2) is 8.18. The van der Waals surface area contributed by atoms with Gasteiger partial charge in [-0.3, -0.25) is 4.79 Å². The summed E-state index contributed by atoms with van der Waals surface area (Å²) in [5.41, 5.74) is 0. The van der Waals surface area contributed by atoms with E-state index in [9.17, 15) is 4.79 Å². The summed E-state index contributed by atoms with van der Waals surface area (Å²) in [6, 6.07) is 10.3. The highest BCUT2D eigenvalue weighted by Crippen LogP contribution is 2.15. The molecule has 0 aliphatic rings. The molecule has 0 saturated heterocycles. The lowest BCUT2D eigenvalue weighted by molar-refractivity contribution is -0.121. The van der Waals surface area contributed by atoms with Gasteiger partial charge in [0.1, 0.15) is 0 Å². The molecule has 0 saturated carbocycles. The first-order valence-electron chi connectivity index (χ1n) is 6.13. The Kier molecular flexibility index (Phi) is 6.78. The third-order valence-corrected chi connectivity index (χ3v) is 3.40. The number of hydrogen-bond donors (Lipinski definition) is 1. The fourth-order valence-corrected chi connectivity index (χ4v) is 2.17. The first-order valence-corrected chi connectivity index (χ1v) is 7.11. The van der Waals surface area contributed by atoms with Gasteiger partial charge in [0, 0.05) is 23.6 Å². The van der Waals surface area contributed by atoms with Crippen molar-refractivity contribution >= 4 is 17.7 Å². The Morgan fingerprint density at radius 2 is 2.00 bits per heavy atom. The minimum absolute atomic E-state index is 0.173. The fourth-order valence-electron chi connectivity index (χ4n) is 1.38. The van der Waals surface area contributed by atoms with Crippen molar-refractivity contribution in [3.05, 3.63) is 30.3 Å². The van der Waals surface area contributed by atoms with E-state index in [1.165, 1.54) is 4.90 Å². The average Bonchev–Trinajstić information content (AvgIpc) is 2.33. The van der Waals surface area contributed by atoms with Gasteiger partial charge in [0.2, 0.25) is 5.91 Å². The van der Waals surface area contributed by atoms with Gasteiger partial charge in [-0.05, 0) is 24.5 Å². The van der Waals surface area contributed by atoms with E-state index >= 15 is 0 Å². The van der Waals surface area contributed by atoms with E-state index in [-0.39, 0.29) is 5.91 Å². The van der Waals surface area contributed by atoms with Crippen molar-refractivity contribution < 1.29 is 4.79 Å². The molecule has 94 valence electrons. The molecule has 1 N–H and O–H groups in total. The molecular formula is C14H21NOS. The topological polar surface area (TPSA) is 29.1 Å². The van der Waals surface area contributed by atoms with Crippen LogP contribution in [0.15, 0.2) is 35.2 Å². The summed E-state index contributed by atoms with van der Waals surface area (Å²) in [6.45, 7) is 5.02. The second-order valence-electron chi connectivity index (χ2n) is 4.44. The quantitative estimate of drug-likeness (QED) is 0.595. The Morgan fingerprint density at radius 1 is 1.29 bits per heavy atom. The van der Waals surface area contributed by atoms with Gasteiger partial charge in [-0.25, -0.2) is 0 Å². The second-order valence-corrected chi connectivity index (χ2v) is 5.61. The van der Waals surface area contributed by atoms with Crippen LogP contribution in [0, 0.1) is 5.92 Å². The minimum Gasteiger partial charge on any atom is -0.355 e. The first kappa shape index (κ1) is 14.1. The molecule has 0 radical (unpaired) electrons. The van der Waals surface area contributed by atoms with Crippen LogP contribution in [0.3, 0.4) is 0 Å². The van der Waals surface area contributed by atoms with Crippen LogP contribution >= 0.6 is 11.8 Å². The average molecular weight is 251 g/mol. The summed E-state index contributed by atoms with van der Waals surface area (Å²) in [7, 11) is 0. The molecule has 0 heterocycles. The Morgan fingerprint density at radius 3 is 2.65 bits per heavy atom. The Balaban J connectivity index is 2.06. The Hall–Kier alpha value is -0.960. The maximum Gasteiger partial charge on any atom is 0.220 e. The van der Waals surface area contributed by atoms with Crippen molar-refractivity contribution in [2.75, 3.05) is 12.3 Å². The van der Waals surface area contributed by atoms with Crippen LogP contribution in [0.2, 0.25) is 0 Å². The van der Waals surface area contributed by atoms with Crippen LogP contribution in [0.4, 0.5) is 0 Å². The Bertz CT molecular complexity index is 324. The predicted octanol–water partition coefficient (Wildman–Crippen LogP) is 3.33. The third-order valence-electron chi connectivity index (χ3n) is 2.38. The van der Waals surface area contributed by atoms with Gasteiger partial charge < -0.3 is 5.32 Å². The molecule has 0 bridgehead atoms. The van der Waals surface area contributed by atoms with Gasteiger partial charge in [0.05, 0.1) is 0 Å². The summed E-state index contributed by atoms with van der Waals surface area (Å²) in [5, 5.41) is 2.95. The highest BCUT2D eigenvalue weighted by molar-refractivity contribution is 7.99. The van der Waals surface area contributed by atoms with Crippen LogP contribution in [-0.2, 0) is 4.79 Å². The maximum atomic E-state index is 11.4. The lowest BCUT2D eigenvalue weighted by atomic mass is 10.1. The summed E-state index contributed by atoms with van der Waals surface area (Å²) in [6.07, 6.45) is 1.62. The molecule has 2 nitrogen and oxygen atoms in total. The predicted molar refractivity (Wildman–Crippen MR) is 74.2 cm³/mol. The van der Waals surface area contributed by atoms with E-state index in [0.717, 1.165) is 18.7 Å². The largest absolute Gasteiger partial charge is 0.355 e.